The van der Waals surface area contributed by atoms with E-state index in [4.69, 9.17) is 0 Å². The molecule has 0 fully saturated rings. The van der Waals surface area contributed by atoms with Crippen molar-refractivity contribution in [2.45, 2.75) is 26.7 Å². The Kier molecular flexibility index (Phi) is 2.14. The Hall–Kier alpha value is -0.430. The van der Waals surface area contributed by atoms with E-state index >= 15 is 0 Å². The van der Waals surface area contributed by atoms with Crippen LogP contribution < -0.4 is 0 Å². The lowest BCUT2D eigenvalue weighted by Gasteiger charge is -2.24. The van der Waals surface area contributed by atoms with Crippen LogP contribution in [0.15, 0.2) is 33.6 Å². The van der Waals surface area contributed by atoms with Crippen molar-refractivity contribution in [1.82, 2.24) is 0 Å². The zero-order valence-electron chi connectivity index (χ0n) is 7.63. The molecule has 1 heterocycles. The Balaban J connectivity index is 2.31. The second-order valence-corrected chi connectivity index (χ2v) is 4.79. The van der Waals surface area contributed by atoms with Gasteiger partial charge < -0.3 is 0 Å². The minimum Gasteiger partial charge on any atom is -0.0952 e. The van der Waals surface area contributed by atoms with Crippen molar-refractivity contribution in [2.24, 2.45) is 5.92 Å². The quantitative estimate of drug-likeness (QED) is 0.542. The summed E-state index contributed by atoms with van der Waals surface area (Å²) in [6.45, 7) is 4.51. The van der Waals surface area contributed by atoms with Gasteiger partial charge in [-0.2, -0.15) is 0 Å². The molecule has 2 rings (SSSR count). The number of hydrogen-bond acceptors (Lipinski definition) is 1. The van der Waals surface area contributed by atoms with Crippen LogP contribution in [-0.2, 0) is 0 Å². The molecule has 0 saturated carbocycles. The van der Waals surface area contributed by atoms with Gasteiger partial charge in [0.15, 0.2) is 0 Å². The Labute approximate surface area is 78.4 Å². The maximum atomic E-state index is 2.38. The highest BCUT2D eigenvalue weighted by Crippen LogP contribution is 2.41. The van der Waals surface area contributed by atoms with Gasteiger partial charge in [-0.05, 0) is 36.2 Å². The molecule has 0 radical (unpaired) electrons. The molecule has 0 bridgehead atoms. The van der Waals surface area contributed by atoms with Crippen molar-refractivity contribution >= 4 is 11.8 Å². The van der Waals surface area contributed by atoms with Crippen LogP contribution in [0.5, 0.6) is 0 Å². The van der Waals surface area contributed by atoms with E-state index in [0.29, 0.717) is 5.92 Å². The van der Waals surface area contributed by atoms with Crippen molar-refractivity contribution in [3.8, 4) is 0 Å². The van der Waals surface area contributed by atoms with Crippen molar-refractivity contribution in [3.63, 3.8) is 0 Å². The van der Waals surface area contributed by atoms with Crippen molar-refractivity contribution in [3.05, 3.63) is 33.6 Å². The van der Waals surface area contributed by atoms with Gasteiger partial charge >= 0.3 is 0 Å². The van der Waals surface area contributed by atoms with Crippen LogP contribution in [0.1, 0.15) is 26.7 Å². The van der Waals surface area contributed by atoms with Crippen molar-refractivity contribution in [2.75, 3.05) is 0 Å². The fourth-order valence-electron chi connectivity index (χ4n) is 1.87. The molecule has 64 valence electrons. The summed E-state index contributed by atoms with van der Waals surface area (Å²) >= 11 is 1.93. The maximum Gasteiger partial charge on any atom is 0.0113 e. The summed E-state index contributed by atoms with van der Waals surface area (Å²) in [6, 6.07) is 0. The van der Waals surface area contributed by atoms with Gasteiger partial charge in [-0.1, -0.05) is 36.9 Å². The highest BCUT2D eigenvalue weighted by atomic mass is 32.2. The largest absolute Gasteiger partial charge is 0.0952 e. The molecule has 1 heteroatoms. The number of thioether (sulfide) groups is 1. The smallest absolute Gasteiger partial charge is 0.0113 e. The summed E-state index contributed by atoms with van der Waals surface area (Å²) in [4.78, 5) is 2.96. The number of hydrogen-bond donors (Lipinski definition) is 0. The Bertz CT molecular complexity index is 281. The van der Waals surface area contributed by atoms with Gasteiger partial charge in [0, 0.05) is 4.91 Å². The van der Waals surface area contributed by atoms with Crippen molar-refractivity contribution in [1.29, 1.82) is 0 Å². The van der Waals surface area contributed by atoms with E-state index in [0.717, 1.165) is 0 Å². The lowest BCUT2D eigenvalue weighted by atomic mass is 9.92. The molecule has 0 saturated heterocycles. The summed E-state index contributed by atoms with van der Waals surface area (Å²) in [5.74, 6) is 0.672. The molecular formula is C11H14S. The summed E-state index contributed by atoms with van der Waals surface area (Å²) in [5.41, 5.74) is 1.65. The van der Waals surface area contributed by atoms with E-state index < -0.39 is 0 Å². The van der Waals surface area contributed by atoms with Crippen LogP contribution in [0.25, 0.3) is 0 Å². The molecule has 2 aliphatic rings. The van der Waals surface area contributed by atoms with Crippen LogP contribution in [0.2, 0.25) is 0 Å². The zero-order chi connectivity index (χ0) is 8.55. The monoisotopic (exact) mass is 178 g/mol. The van der Waals surface area contributed by atoms with Crippen LogP contribution in [0.4, 0.5) is 0 Å². The third-order valence-electron chi connectivity index (χ3n) is 2.47. The summed E-state index contributed by atoms with van der Waals surface area (Å²) in [5, 5.41) is 0. The van der Waals surface area contributed by atoms with Gasteiger partial charge in [0.25, 0.3) is 0 Å². The molecule has 12 heavy (non-hydrogen) atoms. The molecule has 1 unspecified atom stereocenters. The fraction of sp³-hybridized carbons (Fsp3) is 0.455. The Morgan fingerprint density at radius 3 is 3.17 bits per heavy atom. The van der Waals surface area contributed by atoms with E-state index in [2.05, 4.69) is 32.1 Å². The average molecular weight is 178 g/mol. The van der Waals surface area contributed by atoms with Crippen LogP contribution in [0, 0.1) is 5.92 Å². The summed E-state index contributed by atoms with van der Waals surface area (Å²) < 4.78 is 0. The second-order valence-electron chi connectivity index (χ2n) is 3.50. The first-order valence-corrected chi connectivity index (χ1v) is 5.35. The number of allylic oxidation sites excluding steroid dienone is 5. The van der Waals surface area contributed by atoms with E-state index in [-0.39, 0.29) is 0 Å². The zero-order valence-corrected chi connectivity index (χ0v) is 8.45. The molecule has 0 aromatic carbocycles. The molecule has 1 aliphatic carbocycles. The highest BCUT2D eigenvalue weighted by Gasteiger charge is 2.18. The van der Waals surface area contributed by atoms with Crippen LogP contribution >= 0.6 is 11.8 Å². The average Bonchev–Trinajstić information content (AvgIpc) is 2.04. The first-order chi connectivity index (χ1) is 5.77. The fourth-order valence-corrected chi connectivity index (χ4v) is 3.07. The maximum absolute atomic E-state index is 2.38. The molecule has 1 aliphatic heterocycles. The van der Waals surface area contributed by atoms with Gasteiger partial charge in [-0.25, -0.2) is 0 Å². The molecule has 0 spiro atoms. The highest BCUT2D eigenvalue weighted by molar-refractivity contribution is 8.06. The molecule has 0 aromatic heterocycles. The summed E-state index contributed by atoms with van der Waals surface area (Å²) in [6.07, 6.45) is 9.46. The van der Waals surface area contributed by atoms with Crippen LogP contribution in [-0.4, -0.2) is 0 Å². The molecular weight excluding hydrogens is 164 g/mol. The lowest BCUT2D eigenvalue weighted by molar-refractivity contribution is 0.766. The molecule has 1 atom stereocenters. The van der Waals surface area contributed by atoms with Gasteiger partial charge in [-0.3, -0.25) is 0 Å². The van der Waals surface area contributed by atoms with Gasteiger partial charge in [-0.15, -0.1) is 0 Å². The first-order valence-electron chi connectivity index (χ1n) is 4.53. The molecule has 0 nitrogen and oxygen atoms in total. The Morgan fingerprint density at radius 2 is 2.33 bits per heavy atom. The summed E-state index contributed by atoms with van der Waals surface area (Å²) in [7, 11) is 0. The minimum absolute atomic E-state index is 0.672. The second kappa shape index (κ2) is 3.14. The Morgan fingerprint density at radius 1 is 1.50 bits per heavy atom. The predicted molar refractivity (Wildman–Crippen MR) is 55.9 cm³/mol. The van der Waals surface area contributed by atoms with Gasteiger partial charge in [0.05, 0.1) is 0 Å². The van der Waals surface area contributed by atoms with Crippen molar-refractivity contribution < 1.29 is 0 Å². The number of rotatable bonds is 0. The van der Waals surface area contributed by atoms with Gasteiger partial charge in [0.2, 0.25) is 0 Å². The molecule has 0 N–H and O–H groups in total. The minimum atomic E-state index is 0.672. The lowest BCUT2D eigenvalue weighted by Crippen LogP contribution is -2.05. The van der Waals surface area contributed by atoms with Gasteiger partial charge in [0.1, 0.15) is 0 Å². The predicted octanol–water partition coefficient (Wildman–Crippen LogP) is 3.88. The normalized spacial score (nSPS) is 28.5. The first kappa shape index (κ1) is 8.18. The van der Waals surface area contributed by atoms with E-state index in [1.165, 1.54) is 22.7 Å². The third-order valence-corrected chi connectivity index (χ3v) is 3.55. The van der Waals surface area contributed by atoms with E-state index in [1.54, 1.807) is 5.57 Å². The van der Waals surface area contributed by atoms with Crippen LogP contribution in [0.3, 0.4) is 0 Å². The molecule has 0 amide bonds. The SMILES string of the molecule is CC1=CC(C)C2=C(C=CCC2)S1. The molecule has 0 aromatic rings. The topological polar surface area (TPSA) is 0 Å². The third kappa shape index (κ3) is 1.38. The van der Waals surface area contributed by atoms with E-state index in [9.17, 15) is 0 Å². The van der Waals surface area contributed by atoms with E-state index in [1.807, 2.05) is 11.8 Å². The standard InChI is InChI=1S/C11H14S/c1-8-7-9(2)12-11-6-4-3-5-10(8)11/h4,6-8H,3,5H2,1-2H3.